The third-order valence-electron chi connectivity index (χ3n) is 4.73. The number of carbonyl (C=O) groups excluding carboxylic acids is 2. The molecule has 2 aliphatic heterocycles. The first-order chi connectivity index (χ1) is 16.1. The van der Waals surface area contributed by atoms with Gasteiger partial charge >= 0.3 is 11.9 Å². The Labute approximate surface area is 187 Å². The molecule has 166 valence electrons. The van der Waals surface area contributed by atoms with Crippen LogP contribution >= 0.6 is 0 Å². The Bertz CT molecular complexity index is 1290. The molecule has 3 heterocycles. The van der Waals surface area contributed by atoms with Crippen molar-refractivity contribution < 1.29 is 37.7 Å². The molecule has 0 saturated heterocycles. The fourth-order valence-corrected chi connectivity index (χ4v) is 3.22. The lowest BCUT2D eigenvalue weighted by atomic mass is 10.1. The molecule has 33 heavy (non-hydrogen) atoms. The Morgan fingerprint density at radius 1 is 1.09 bits per heavy atom. The number of aliphatic imine (C=N–C) groups is 1. The summed E-state index contributed by atoms with van der Waals surface area (Å²) in [5.74, 6) is 0.891. The Hall–Kier alpha value is -4.53. The first-order valence-electron chi connectivity index (χ1n) is 10.1. The van der Waals surface area contributed by atoms with Crippen molar-refractivity contribution >= 4 is 23.9 Å². The summed E-state index contributed by atoms with van der Waals surface area (Å²) >= 11 is 0. The largest absolute Gasteiger partial charge is 0.490 e. The van der Waals surface area contributed by atoms with E-state index in [-0.39, 0.29) is 24.1 Å². The molecular weight excluding hydrogens is 430 g/mol. The Kier molecular flexibility index (Phi) is 5.27. The molecule has 0 amide bonds. The van der Waals surface area contributed by atoms with Crippen molar-refractivity contribution in [1.29, 1.82) is 0 Å². The number of rotatable bonds is 6. The van der Waals surface area contributed by atoms with Crippen molar-refractivity contribution in [3.63, 3.8) is 0 Å². The predicted octanol–water partition coefficient (Wildman–Crippen LogP) is 3.97. The monoisotopic (exact) mass is 447 g/mol. The maximum atomic E-state index is 12.7. The van der Waals surface area contributed by atoms with Crippen LogP contribution in [0.1, 0.15) is 28.6 Å². The number of carbonyl (C=O) groups is 2. The van der Waals surface area contributed by atoms with Crippen molar-refractivity contribution in [3.05, 3.63) is 77.4 Å². The summed E-state index contributed by atoms with van der Waals surface area (Å²) in [6, 6.07) is 13.0. The van der Waals surface area contributed by atoms with Gasteiger partial charge in [0.1, 0.15) is 0 Å². The number of fused-ring (bicyclic) bond motifs is 1. The van der Waals surface area contributed by atoms with Gasteiger partial charge in [0, 0.05) is 0 Å². The first kappa shape index (κ1) is 20.4. The summed E-state index contributed by atoms with van der Waals surface area (Å²) in [6.07, 6.45) is 3.01. The Morgan fingerprint density at radius 2 is 1.97 bits per heavy atom. The minimum absolute atomic E-state index is 0.0931. The SMILES string of the molecule is CCOc1cc(C=C2N=C(c3ccco3)OC2=O)ccc1OC(=O)c1ccc2c(c1)OCO2. The number of hydrogen-bond acceptors (Lipinski definition) is 9. The lowest BCUT2D eigenvalue weighted by Gasteiger charge is -2.11. The van der Waals surface area contributed by atoms with E-state index < -0.39 is 11.9 Å². The highest BCUT2D eigenvalue weighted by Gasteiger charge is 2.26. The number of benzene rings is 2. The second kappa shape index (κ2) is 8.54. The smallest absolute Gasteiger partial charge is 0.363 e. The summed E-state index contributed by atoms with van der Waals surface area (Å²) in [4.78, 5) is 29.0. The molecule has 0 aliphatic carbocycles. The average molecular weight is 447 g/mol. The Balaban J connectivity index is 1.38. The third kappa shape index (κ3) is 4.16. The van der Waals surface area contributed by atoms with Crippen LogP contribution in [0.5, 0.6) is 23.0 Å². The van der Waals surface area contributed by atoms with Crippen molar-refractivity contribution in [2.24, 2.45) is 4.99 Å². The van der Waals surface area contributed by atoms with Crippen LogP contribution in [0, 0.1) is 0 Å². The van der Waals surface area contributed by atoms with Crippen LogP contribution in [0.25, 0.3) is 6.08 Å². The van der Waals surface area contributed by atoms with Crippen LogP contribution in [-0.4, -0.2) is 31.2 Å². The molecule has 2 aromatic carbocycles. The van der Waals surface area contributed by atoms with E-state index >= 15 is 0 Å². The van der Waals surface area contributed by atoms with E-state index in [0.29, 0.717) is 40.7 Å². The molecule has 0 fully saturated rings. The van der Waals surface area contributed by atoms with Gasteiger partial charge in [-0.25, -0.2) is 14.6 Å². The van der Waals surface area contributed by atoms with Crippen LogP contribution in [0.3, 0.4) is 0 Å². The minimum atomic E-state index is -0.599. The van der Waals surface area contributed by atoms with Crippen LogP contribution in [-0.2, 0) is 9.53 Å². The maximum Gasteiger partial charge on any atom is 0.363 e. The third-order valence-corrected chi connectivity index (χ3v) is 4.73. The first-order valence-corrected chi connectivity index (χ1v) is 10.1. The molecule has 9 nitrogen and oxygen atoms in total. The molecule has 0 bridgehead atoms. The van der Waals surface area contributed by atoms with Crippen molar-refractivity contribution in [2.75, 3.05) is 13.4 Å². The molecule has 9 heteroatoms. The van der Waals surface area contributed by atoms with E-state index in [1.165, 1.54) is 6.26 Å². The summed E-state index contributed by atoms with van der Waals surface area (Å²) in [6.45, 7) is 2.26. The molecule has 5 rings (SSSR count). The Morgan fingerprint density at radius 3 is 2.79 bits per heavy atom. The predicted molar refractivity (Wildman–Crippen MR) is 114 cm³/mol. The van der Waals surface area contributed by atoms with Crippen molar-refractivity contribution in [1.82, 2.24) is 0 Å². The van der Waals surface area contributed by atoms with Gasteiger partial charge in [0.15, 0.2) is 34.5 Å². The minimum Gasteiger partial charge on any atom is -0.490 e. The van der Waals surface area contributed by atoms with E-state index in [4.69, 9.17) is 28.1 Å². The van der Waals surface area contributed by atoms with E-state index in [2.05, 4.69) is 4.99 Å². The number of hydrogen-bond donors (Lipinski definition) is 0. The van der Waals surface area contributed by atoms with Crippen LogP contribution in [0.15, 0.2) is 69.9 Å². The number of furan rings is 1. The second-order valence-electron chi connectivity index (χ2n) is 6.91. The molecule has 0 saturated carbocycles. The van der Waals surface area contributed by atoms with Crippen LogP contribution in [0.4, 0.5) is 0 Å². The van der Waals surface area contributed by atoms with E-state index in [0.717, 1.165) is 0 Å². The molecule has 0 spiro atoms. The molecule has 0 N–H and O–H groups in total. The average Bonchev–Trinajstić information content (AvgIpc) is 3.56. The quantitative estimate of drug-likeness (QED) is 0.318. The molecule has 0 unspecified atom stereocenters. The summed E-state index contributed by atoms with van der Waals surface area (Å²) in [7, 11) is 0. The van der Waals surface area contributed by atoms with Crippen molar-refractivity contribution in [3.8, 4) is 23.0 Å². The van der Waals surface area contributed by atoms with Gasteiger partial charge in [-0.3, -0.25) is 0 Å². The molecule has 1 aromatic heterocycles. The normalized spacial score (nSPS) is 15.4. The number of cyclic esters (lactones) is 1. The molecule has 2 aliphatic rings. The van der Waals surface area contributed by atoms with Gasteiger partial charge in [-0.1, -0.05) is 6.07 Å². The molecule has 0 atom stereocenters. The fraction of sp³-hybridized carbons (Fsp3) is 0.125. The van der Waals surface area contributed by atoms with E-state index in [9.17, 15) is 9.59 Å². The zero-order chi connectivity index (χ0) is 22.8. The van der Waals surface area contributed by atoms with Crippen LogP contribution in [0.2, 0.25) is 0 Å². The van der Waals surface area contributed by atoms with Gasteiger partial charge in [-0.05, 0) is 61.0 Å². The van der Waals surface area contributed by atoms with Crippen LogP contribution < -0.4 is 18.9 Å². The van der Waals surface area contributed by atoms with Gasteiger partial charge < -0.3 is 28.1 Å². The van der Waals surface area contributed by atoms with Gasteiger partial charge in [0.2, 0.25) is 6.79 Å². The van der Waals surface area contributed by atoms with Gasteiger partial charge in [0.25, 0.3) is 5.90 Å². The standard InChI is InChI=1S/C24H17NO8/c1-2-28-20-11-14(10-16-24(27)33-22(25-16)19-4-3-9-29-19)5-7-18(20)32-23(26)15-6-8-17-21(12-15)31-13-30-17/h3-12H,2,13H2,1H3. The van der Waals surface area contributed by atoms with Crippen molar-refractivity contribution in [2.45, 2.75) is 6.92 Å². The second-order valence-corrected chi connectivity index (χ2v) is 6.91. The van der Waals surface area contributed by atoms with E-state index in [1.54, 1.807) is 54.6 Å². The van der Waals surface area contributed by atoms with Gasteiger partial charge in [0.05, 0.1) is 18.4 Å². The van der Waals surface area contributed by atoms with E-state index in [1.807, 2.05) is 6.92 Å². The topological polar surface area (TPSA) is 106 Å². The summed E-state index contributed by atoms with van der Waals surface area (Å²) in [5.41, 5.74) is 1.02. The lowest BCUT2D eigenvalue weighted by Crippen LogP contribution is -2.09. The molecular formula is C24H17NO8. The van der Waals surface area contributed by atoms with Gasteiger partial charge in [-0.15, -0.1) is 0 Å². The lowest BCUT2D eigenvalue weighted by molar-refractivity contribution is -0.130. The zero-order valence-corrected chi connectivity index (χ0v) is 17.4. The highest BCUT2D eigenvalue weighted by atomic mass is 16.7. The molecule has 3 aromatic rings. The highest BCUT2D eigenvalue weighted by Crippen LogP contribution is 2.34. The highest BCUT2D eigenvalue weighted by molar-refractivity contribution is 6.11. The number of nitrogens with zero attached hydrogens (tertiary/aromatic N) is 1. The number of ether oxygens (including phenoxy) is 5. The molecule has 0 radical (unpaired) electrons. The summed E-state index contributed by atoms with van der Waals surface area (Å²) < 4.78 is 32.1. The maximum absolute atomic E-state index is 12.7. The fourth-order valence-electron chi connectivity index (χ4n) is 3.22. The summed E-state index contributed by atoms with van der Waals surface area (Å²) in [5, 5.41) is 0. The number of esters is 2. The van der Waals surface area contributed by atoms with Gasteiger partial charge in [-0.2, -0.15) is 0 Å². The zero-order valence-electron chi connectivity index (χ0n) is 17.4.